The van der Waals surface area contributed by atoms with Crippen LogP contribution in [-0.4, -0.2) is 48.6 Å². The molecule has 2 aliphatic rings. The third-order valence-electron chi connectivity index (χ3n) is 5.24. The lowest BCUT2D eigenvalue weighted by Gasteiger charge is -2.30. The Morgan fingerprint density at radius 1 is 1.22 bits per heavy atom. The van der Waals surface area contributed by atoms with Crippen LogP contribution in [0.25, 0.3) is 0 Å². The lowest BCUT2D eigenvalue weighted by Crippen LogP contribution is -2.41. The Labute approximate surface area is 158 Å². The van der Waals surface area contributed by atoms with Crippen LogP contribution in [0.1, 0.15) is 67.6 Å². The highest BCUT2D eigenvalue weighted by Crippen LogP contribution is 2.23. The van der Waals surface area contributed by atoms with E-state index in [1.807, 2.05) is 27.3 Å². The molecule has 1 unspecified atom stereocenters. The normalized spacial score (nSPS) is 17.7. The number of fused-ring (bicyclic) bond motifs is 1. The Kier molecular flexibility index (Phi) is 4.49. The fourth-order valence-corrected chi connectivity index (χ4v) is 3.53. The van der Waals surface area contributed by atoms with Crippen LogP contribution in [0.15, 0.2) is 18.5 Å². The molecular weight excluding hydrogens is 344 g/mol. The SMILES string of the molecule is CC(C)c1nccn1C(C)C(=O)N1CCn2nc(C(=O)NC3CC3)cc2C1. The van der Waals surface area contributed by atoms with Crippen molar-refractivity contribution >= 4 is 11.8 Å². The maximum absolute atomic E-state index is 13.0. The molecule has 2 aromatic rings. The van der Waals surface area contributed by atoms with Gasteiger partial charge in [-0.15, -0.1) is 0 Å². The van der Waals surface area contributed by atoms with Crippen LogP contribution in [0.2, 0.25) is 0 Å². The summed E-state index contributed by atoms with van der Waals surface area (Å²) in [5.41, 5.74) is 1.34. The van der Waals surface area contributed by atoms with Gasteiger partial charge in [0.1, 0.15) is 11.9 Å². The topological polar surface area (TPSA) is 85.1 Å². The van der Waals surface area contributed by atoms with Crippen LogP contribution < -0.4 is 5.32 Å². The van der Waals surface area contributed by atoms with E-state index in [1.54, 1.807) is 12.3 Å². The summed E-state index contributed by atoms with van der Waals surface area (Å²) in [6.45, 7) is 7.72. The molecule has 8 heteroatoms. The highest BCUT2D eigenvalue weighted by molar-refractivity contribution is 5.92. The molecule has 1 saturated carbocycles. The number of imidazole rings is 1. The van der Waals surface area contributed by atoms with E-state index in [0.717, 1.165) is 24.4 Å². The Hall–Kier alpha value is -2.64. The predicted octanol–water partition coefficient (Wildman–Crippen LogP) is 1.70. The molecule has 1 aliphatic carbocycles. The first-order valence-electron chi connectivity index (χ1n) is 9.63. The van der Waals surface area contributed by atoms with E-state index in [1.165, 1.54) is 0 Å². The van der Waals surface area contributed by atoms with Crippen molar-refractivity contribution in [1.82, 2.24) is 29.5 Å². The number of amides is 2. The fraction of sp³-hybridized carbons (Fsp3) is 0.579. The minimum absolute atomic E-state index is 0.0614. The number of nitrogens with zero attached hydrogens (tertiary/aromatic N) is 5. The molecule has 0 saturated heterocycles. The van der Waals surface area contributed by atoms with E-state index in [9.17, 15) is 9.59 Å². The molecule has 2 aromatic heterocycles. The molecule has 0 aromatic carbocycles. The Morgan fingerprint density at radius 3 is 2.70 bits per heavy atom. The first-order chi connectivity index (χ1) is 12.9. The molecule has 8 nitrogen and oxygen atoms in total. The molecule has 2 amide bonds. The summed E-state index contributed by atoms with van der Waals surface area (Å²) in [6.07, 6.45) is 5.71. The van der Waals surface area contributed by atoms with Crippen molar-refractivity contribution in [2.45, 2.75) is 64.7 Å². The van der Waals surface area contributed by atoms with Gasteiger partial charge in [0.2, 0.25) is 5.91 Å². The highest BCUT2D eigenvalue weighted by atomic mass is 16.2. The second-order valence-corrected chi connectivity index (χ2v) is 7.77. The van der Waals surface area contributed by atoms with E-state index >= 15 is 0 Å². The summed E-state index contributed by atoms with van der Waals surface area (Å²) in [5.74, 6) is 1.11. The summed E-state index contributed by atoms with van der Waals surface area (Å²) in [7, 11) is 0. The van der Waals surface area contributed by atoms with Gasteiger partial charge >= 0.3 is 0 Å². The third kappa shape index (κ3) is 3.48. The van der Waals surface area contributed by atoms with Crippen LogP contribution in [0.4, 0.5) is 0 Å². The van der Waals surface area contributed by atoms with Crippen molar-refractivity contribution in [2.75, 3.05) is 6.54 Å². The van der Waals surface area contributed by atoms with E-state index < -0.39 is 0 Å². The van der Waals surface area contributed by atoms with Crippen LogP contribution in [0.3, 0.4) is 0 Å². The van der Waals surface area contributed by atoms with Gasteiger partial charge in [-0.3, -0.25) is 14.3 Å². The van der Waals surface area contributed by atoms with E-state index in [2.05, 4.69) is 29.2 Å². The highest BCUT2D eigenvalue weighted by Gasteiger charge is 2.30. The Morgan fingerprint density at radius 2 is 2.00 bits per heavy atom. The van der Waals surface area contributed by atoms with Crippen molar-refractivity contribution < 1.29 is 9.59 Å². The van der Waals surface area contributed by atoms with Crippen LogP contribution in [-0.2, 0) is 17.9 Å². The summed E-state index contributed by atoms with van der Waals surface area (Å²) in [4.78, 5) is 31.5. The summed E-state index contributed by atoms with van der Waals surface area (Å²) >= 11 is 0. The standard InChI is InChI=1S/C19H26N6O2/c1-12(2)17-20-6-7-24(17)13(3)19(27)23-8-9-25-15(11-23)10-16(22-25)18(26)21-14-4-5-14/h6-7,10,12-14H,4-5,8-9,11H2,1-3H3,(H,21,26). The summed E-state index contributed by atoms with van der Waals surface area (Å²) in [5, 5.41) is 7.37. The monoisotopic (exact) mass is 370 g/mol. The molecule has 3 heterocycles. The maximum Gasteiger partial charge on any atom is 0.272 e. The Bertz CT molecular complexity index is 863. The van der Waals surface area contributed by atoms with Gasteiger partial charge in [0.25, 0.3) is 5.91 Å². The quantitative estimate of drug-likeness (QED) is 0.868. The summed E-state index contributed by atoms with van der Waals surface area (Å²) < 4.78 is 3.79. The zero-order chi connectivity index (χ0) is 19.1. The largest absolute Gasteiger partial charge is 0.348 e. The van der Waals surface area contributed by atoms with Gasteiger partial charge in [-0.1, -0.05) is 13.8 Å². The first-order valence-corrected chi connectivity index (χ1v) is 9.63. The molecule has 0 radical (unpaired) electrons. The molecule has 4 rings (SSSR count). The number of carbonyl (C=O) groups is 2. The first kappa shape index (κ1) is 17.8. The van der Waals surface area contributed by atoms with Crippen molar-refractivity contribution in [3.8, 4) is 0 Å². The number of aromatic nitrogens is 4. The van der Waals surface area contributed by atoms with Crippen molar-refractivity contribution in [3.05, 3.63) is 35.7 Å². The average Bonchev–Trinajstić information content (AvgIpc) is 3.17. The molecule has 1 atom stereocenters. The van der Waals surface area contributed by atoms with Crippen molar-refractivity contribution in [3.63, 3.8) is 0 Å². The fourth-order valence-electron chi connectivity index (χ4n) is 3.53. The molecule has 27 heavy (non-hydrogen) atoms. The lowest BCUT2D eigenvalue weighted by molar-refractivity contribution is -0.135. The Balaban J connectivity index is 1.47. The van der Waals surface area contributed by atoms with Gasteiger partial charge < -0.3 is 14.8 Å². The lowest BCUT2D eigenvalue weighted by atomic mass is 10.1. The number of carbonyl (C=O) groups excluding carboxylic acids is 2. The van der Waals surface area contributed by atoms with Crippen molar-refractivity contribution in [1.29, 1.82) is 0 Å². The molecule has 0 spiro atoms. The zero-order valence-corrected chi connectivity index (χ0v) is 16.1. The number of nitrogens with one attached hydrogen (secondary N) is 1. The molecular formula is C19H26N6O2. The van der Waals surface area contributed by atoms with Crippen molar-refractivity contribution in [2.24, 2.45) is 0 Å². The van der Waals surface area contributed by atoms with Gasteiger partial charge in [-0.2, -0.15) is 5.10 Å². The van der Waals surface area contributed by atoms with Gasteiger partial charge in [0.05, 0.1) is 18.8 Å². The number of hydrogen-bond acceptors (Lipinski definition) is 4. The second-order valence-electron chi connectivity index (χ2n) is 7.77. The van der Waals surface area contributed by atoms with E-state index in [0.29, 0.717) is 31.4 Å². The van der Waals surface area contributed by atoms with Gasteiger partial charge in [0, 0.05) is 30.9 Å². The molecule has 1 aliphatic heterocycles. The van der Waals surface area contributed by atoms with Gasteiger partial charge in [-0.05, 0) is 25.8 Å². The summed E-state index contributed by atoms with van der Waals surface area (Å²) in [6, 6.07) is 1.80. The maximum atomic E-state index is 13.0. The molecule has 1 N–H and O–H groups in total. The molecule has 144 valence electrons. The van der Waals surface area contributed by atoms with Gasteiger partial charge in [0.15, 0.2) is 5.69 Å². The number of rotatable bonds is 5. The molecule has 1 fully saturated rings. The third-order valence-corrected chi connectivity index (χ3v) is 5.24. The van der Waals surface area contributed by atoms with E-state index in [4.69, 9.17) is 0 Å². The van der Waals surface area contributed by atoms with Gasteiger partial charge in [-0.25, -0.2) is 4.98 Å². The zero-order valence-electron chi connectivity index (χ0n) is 16.1. The minimum atomic E-state index is -0.308. The van der Waals surface area contributed by atoms with E-state index in [-0.39, 0.29) is 23.8 Å². The minimum Gasteiger partial charge on any atom is -0.348 e. The average molecular weight is 370 g/mol. The van der Waals surface area contributed by atoms with Crippen LogP contribution in [0.5, 0.6) is 0 Å². The number of hydrogen-bond donors (Lipinski definition) is 1. The molecule has 0 bridgehead atoms. The van der Waals surface area contributed by atoms with Crippen LogP contribution in [0, 0.1) is 0 Å². The van der Waals surface area contributed by atoms with Crippen LogP contribution >= 0.6 is 0 Å². The second kappa shape index (κ2) is 6.83. The smallest absolute Gasteiger partial charge is 0.272 e. The predicted molar refractivity (Wildman–Crippen MR) is 99.2 cm³/mol.